The minimum absolute atomic E-state index is 0.0234. The minimum Gasteiger partial charge on any atom is -0.481 e. The van der Waals surface area contributed by atoms with Crippen molar-refractivity contribution in [3.63, 3.8) is 0 Å². The normalized spacial score (nSPS) is 13.3. The second kappa shape index (κ2) is 6.04. The van der Waals surface area contributed by atoms with E-state index in [0.717, 1.165) is 16.3 Å². The number of carbonyl (C=O) groups is 1. The molecule has 0 aliphatic rings. The second-order valence-electron chi connectivity index (χ2n) is 6.14. The summed E-state index contributed by atoms with van der Waals surface area (Å²) in [7, 11) is 0. The molecule has 3 nitrogen and oxygen atoms in total. The van der Waals surface area contributed by atoms with Crippen molar-refractivity contribution in [1.82, 2.24) is 0 Å². The van der Waals surface area contributed by atoms with Crippen molar-refractivity contribution >= 4 is 28.3 Å². The van der Waals surface area contributed by atoms with Gasteiger partial charge in [-0.3, -0.25) is 4.79 Å². The third kappa shape index (κ3) is 3.74. The summed E-state index contributed by atoms with van der Waals surface area (Å²) >= 11 is 6.18. The van der Waals surface area contributed by atoms with E-state index < -0.39 is 17.5 Å². The number of rotatable bonds is 5. The summed E-state index contributed by atoms with van der Waals surface area (Å²) in [5.74, 6) is -0.854. The third-order valence-corrected chi connectivity index (χ3v) is 3.97. The smallest absolute Gasteiger partial charge is 0.303 e. The van der Waals surface area contributed by atoms with Crippen LogP contribution in [-0.2, 0) is 4.79 Å². The molecule has 21 heavy (non-hydrogen) atoms. The molecule has 0 amide bonds. The standard InChI is InChI=1S/C17H19ClO3/c1-17(2,10-16(20)21)9-15(19)13-7-8-14(18)12-6-4-3-5-11(12)13/h3-8,15,19H,9-10H2,1-2H3,(H,20,21). The molecule has 1 atom stereocenters. The molecule has 2 N–H and O–H groups in total. The van der Waals surface area contributed by atoms with E-state index in [2.05, 4.69) is 0 Å². The highest BCUT2D eigenvalue weighted by Gasteiger charge is 2.26. The Morgan fingerprint density at radius 2 is 1.81 bits per heavy atom. The molecule has 2 rings (SSSR count). The molecule has 0 heterocycles. The van der Waals surface area contributed by atoms with Gasteiger partial charge in [-0.25, -0.2) is 0 Å². The molecule has 2 aromatic rings. The molecule has 0 aliphatic carbocycles. The van der Waals surface area contributed by atoms with Crippen LogP contribution in [0, 0.1) is 5.41 Å². The zero-order valence-corrected chi connectivity index (χ0v) is 12.9. The van der Waals surface area contributed by atoms with Gasteiger partial charge in [0.1, 0.15) is 0 Å². The summed E-state index contributed by atoms with van der Waals surface area (Å²) in [4.78, 5) is 10.9. The van der Waals surface area contributed by atoms with Crippen LogP contribution in [0.2, 0.25) is 5.02 Å². The SMILES string of the molecule is CC(C)(CC(=O)O)CC(O)c1ccc(Cl)c2ccccc12. The molecule has 0 bridgehead atoms. The van der Waals surface area contributed by atoms with Crippen LogP contribution in [0.4, 0.5) is 0 Å². The molecule has 0 saturated carbocycles. The van der Waals surface area contributed by atoms with E-state index >= 15 is 0 Å². The second-order valence-corrected chi connectivity index (χ2v) is 6.54. The van der Waals surface area contributed by atoms with Gasteiger partial charge in [-0.2, -0.15) is 0 Å². The van der Waals surface area contributed by atoms with Crippen LogP contribution >= 0.6 is 11.6 Å². The van der Waals surface area contributed by atoms with Crippen LogP contribution in [0.25, 0.3) is 10.8 Å². The lowest BCUT2D eigenvalue weighted by molar-refractivity contribution is -0.139. The van der Waals surface area contributed by atoms with Crippen LogP contribution < -0.4 is 0 Å². The van der Waals surface area contributed by atoms with Gasteiger partial charge in [0.05, 0.1) is 12.5 Å². The third-order valence-electron chi connectivity index (χ3n) is 3.64. The van der Waals surface area contributed by atoms with Crippen molar-refractivity contribution in [1.29, 1.82) is 0 Å². The first-order valence-corrected chi connectivity index (χ1v) is 7.25. The van der Waals surface area contributed by atoms with Crippen molar-refractivity contribution in [2.24, 2.45) is 5.41 Å². The Morgan fingerprint density at radius 3 is 2.43 bits per heavy atom. The molecule has 0 radical (unpaired) electrons. The van der Waals surface area contributed by atoms with E-state index in [4.69, 9.17) is 16.7 Å². The van der Waals surface area contributed by atoms with Gasteiger partial charge in [0, 0.05) is 10.4 Å². The molecule has 0 aromatic heterocycles. The number of halogens is 1. The molecule has 112 valence electrons. The molecule has 0 saturated heterocycles. The van der Waals surface area contributed by atoms with Gasteiger partial charge in [0.15, 0.2) is 0 Å². The molecular weight excluding hydrogens is 288 g/mol. The summed E-state index contributed by atoms with van der Waals surface area (Å²) in [6, 6.07) is 11.2. The van der Waals surface area contributed by atoms with Gasteiger partial charge in [-0.05, 0) is 28.9 Å². The topological polar surface area (TPSA) is 57.5 Å². The fourth-order valence-electron chi connectivity index (χ4n) is 2.69. The molecule has 0 spiro atoms. The van der Waals surface area contributed by atoms with Crippen LogP contribution in [0.1, 0.15) is 38.4 Å². The zero-order valence-electron chi connectivity index (χ0n) is 12.1. The lowest BCUT2D eigenvalue weighted by Gasteiger charge is -2.26. The number of aliphatic hydroxyl groups excluding tert-OH is 1. The Morgan fingerprint density at radius 1 is 1.19 bits per heavy atom. The van der Waals surface area contributed by atoms with E-state index in [0.29, 0.717) is 11.4 Å². The van der Waals surface area contributed by atoms with E-state index in [1.807, 2.05) is 44.2 Å². The predicted octanol–water partition coefficient (Wildman–Crippen LogP) is 4.42. The molecule has 2 aromatic carbocycles. The largest absolute Gasteiger partial charge is 0.481 e. The highest BCUT2D eigenvalue weighted by Crippen LogP contribution is 2.37. The van der Waals surface area contributed by atoms with Crippen molar-refractivity contribution in [3.8, 4) is 0 Å². The van der Waals surface area contributed by atoms with E-state index in [-0.39, 0.29) is 6.42 Å². The van der Waals surface area contributed by atoms with E-state index in [1.165, 1.54) is 0 Å². The number of hydrogen-bond donors (Lipinski definition) is 2. The first-order chi connectivity index (χ1) is 9.80. The van der Waals surface area contributed by atoms with Crippen molar-refractivity contribution in [2.75, 3.05) is 0 Å². The highest BCUT2D eigenvalue weighted by atomic mass is 35.5. The van der Waals surface area contributed by atoms with Crippen LogP contribution in [0.15, 0.2) is 36.4 Å². The maximum atomic E-state index is 10.9. The number of aliphatic hydroxyl groups is 1. The Kier molecular flexibility index (Phi) is 4.55. The lowest BCUT2D eigenvalue weighted by Crippen LogP contribution is -2.20. The van der Waals surface area contributed by atoms with Crippen LogP contribution in [-0.4, -0.2) is 16.2 Å². The Balaban J connectivity index is 2.34. The Bertz CT molecular complexity index is 664. The lowest BCUT2D eigenvalue weighted by atomic mass is 9.81. The summed E-state index contributed by atoms with van der Waals surface area (Å²) in [5, 5.41) is 21.9. The van der Waals surface area contributed by atoms with Gasteiger partial charge in [-0.15, -0.1) is 0 Å². The average molecular weight is 307 g/mol. The monoisotopic (exact) mass is 306 g/mol. The number of hydrogen-bond acceptors (Lipinski definition) is 2. The number of carboxylic acids is 1. The number of fused-ring (bicyclic) bond motifs is 1. The summed E-state index contributed by atoms with van der Waals surface area (Å²) in [5.41, 5.74) is 0.305. The van der Waals surface area contributed by atoms with Gasteiger partial charge in [0.25, 0.3) is 0 Å². The minimum atomic E-state index is -0.854. The van der Waals surface area contributed by atoms with E-state index in [9.17, 15) is 9.90 Å². The molecule has 1 unspecified atom stereocenters. The fourth-order valence-corrected chi connectivity index (χ4v) is 2.92. The van der Waals surface area contributed by atoms with Crippen molar-refractivity contribution < 1.29 is 15.0 Å². The maximum absolute atomic E-state index is 10.9. The van der Waals surface area contributed by atoms with Gasteiger partial charge >= 0.3 is 5.97 Å². The predicted molar refractivity (Wildman–Crippen MR) is 84.6 cm³/mol. The van der Waals surface area contributed by atoms with Crippen LogP contribution in [0.5, 0.6) is 0 Å². The number of aliphatic carboxylic acids is 1. The zero-order chi connectivity index (χ0) is 15.6. The van der Waals surface area contributed by atoms with Crippen molar-refractivity contribution in [2.45, 2.75) is 32.8 Å². The number of benzene rings is 2. The Hall–Kier alpha value is -1.58. The first kappa shape index (κ1) is 15.8. The summed E-state index contributed by atoms with van der Waals surface area (Å²) in [6.07, 6.45) is -0.318. The first-order valence-electron chi connectivity index (χ1n) is 6.87. The van der Waals surface area contributed by atoms with Crippen LogP contribution in [0.3, 0.4) is 0 Å². The maximum Gasteiger partial charge on any atom is 0.303 e. The van der Waals surface area contributed by atoms with Gasteiger partial charge in [-0.1, -0.05) is 55.8 Å². The molecule has 0 fully saturated rings. The number of carboxylic acid groups (broad SMARTS) is 1. The molecular formula is C17H19ClO3. The summed E-state index contributed by atoms with van der Waals surface area (Å²) in [6.45, 7) is 3.70. The quantitative estimate of drug-likeness (QED) is 0.860. The fraction of sp³-hybridized carbons (Fsp3) is 0.353. The average Bonchev–Trinajstić information content (AvgIpc) is 2.37. The Labute approximate surface area is 129 Å². The molecule has 0 aliphatic heterocycles. The summed E-state index contributed by atoms with van der Waals surface area (Å²) < 4.78 is 0. The van der Waals surface area contributed by atoms with E-state index in [1.54, 1.807) is 6.07 Å². The molecule has 4 heteroatoms. The van der Waals surface area contributed by atoms with Gasteiger partial charge in [0.2, 0.25) is 0 Å². The van der Waals surface area contributed by atoms with Crippen molar-refractivity contribution in [3.05, 3.63) is 47.0 Å². The van der Waals surface area contributed by atoms with Gasteiger partial charge < -0.3 is 10.2 Å². The highest BCUT2D eigenvalue weighted by molar-refractivity contribution is 6.35.